The Kier molecular flexibility index (Phi) is 7.59. The highest BCUT2D eigenvalue weighted by Gasteiger charge is 2.48. The maximum Gasteiger partial charge on any atom is 0.300 e. The summed E-state index contributed by atoms with van der Waals surface area (Å²) in [4.78, 5) is 29.0. The van der Waals surface area contributed by atoms with Gasteiger partial charge in [0.15, 0.2) is 11.5 Å². The van der Waals surface area contributed by atoms with Crippen molar-refractivity contribution in [2.75, 3.05) is 33.3 Å². The smallest absolute Gasteiger partial charge is 0.300 e. The van der Waals surface area contributed by atoms with Crippen LogP contribution in [0, 0.1) is 6.92 Å². The number of carbonyl (C=O) groups is 2. The van der Waals surface area contributed by atoms with Gasteiger partial charge in [0.25, 0.3) is 11.7 Å². The number of hydrogen-bond donors (Lipinski definition) is 1. The summed E-state index contributed by atoms with van der Waals surface area (Å²) in [6.45, 7) is 1.86. The number of anilines is 1. The van der Waals surface area contributed by atoms with Gasteiger partial charge >= 0.3 is 0 Å². The predicted octanol–water partition coefficient (Wildman–Crippen LogP) is 6.02. The summed E-state index contributed by atoms with van der Waals surface area (Å²) in [7, 11) is 5.71. The average Bonchev–Trinajstić information content (AvgIpc) is 3.42. The minimum Gasteiger partial charge on any atom is -0.507 e. The molecule has 1 N–H and O–H groups in total. The highest BCUT2D eigenvalue weighted by Crippen LogP contribution is 2.49. The normalized spacial score (nSPS) is 16.7. The van der Waals surface area contributed by atoms with Crippen molar-refractivity contribution >= 4 is 57.7 Å². The van der Waals surface area contributed by atoms with Crippen molar-refractivity contribution in [3.63, 3.8) is 0 Å². The van der Waals surface area contributed by atoms with E-state index in [0.717, 1.165) is 5.56 Å². The summed E-state index contributed by atoms with van der Waals surface area (Å²) < 4.78 is 21.4. The molecule has 1 saturated heterocycles. The molecule has 0 aliphatic carbocycles. The van der Waals surface area contributed by atoms with Crippen molar-refractivity contribution in [1.82, 2.24) is 0 Å². The third-order valence-corrected chi connectivity index (χ3v) is 7.70. The largest absolute Gasteiger partial charge is 0.507 e. The van der Waals surface area contributed by atoms with Gasteiger partial charge < -0.3 is 24.1 Å². The molecule has 37 heavy (non-hydrogen) atoms. The van der Waals surface area contributed by atoms with E-state index >= 15 is 0 Å². The van der Waals surface area contributed by atoms with Gasteiger partial charge in [-0.1, -0.05) is 23.2 Å². The first-order valence-corrected chi connectivity index (χ1v) is 12.5. The maximum atomic E-state index is 13.5. The topological polar surface area (TPSA) is 94.5 Å². The Morgan fingerprint density at radius 3 is 2.08 bits per heavy atom. The van der Waals surface area contributed by atoms with Crippen LogP contribution in [0.5, 0.6) is 23.0 Å². The Balaban J connectivity index is 2.03. The molecule has 0 radical (unpaired) electrons. The first-order chi connectivity index (χ1) is 17.7. The molecule has 0 saturated carbocycles. The predicted molar refractivity (Wildman–Crippen MR) is 143 cm³/mol. The van der Waals surface area contributed by atoms with Crippen molar-refractivity contribution in [2.45, 2.75) is 13.0 Å². The number of halogens is 2. The Labute approximate surface area is 227 Å². The Morgan fingerprint density at radius 2 is 1.57 bits per heavy atom. The summed E-state index contributed by atoms with van der Waals surface area (Å²) in [5.41, 5.74) is 1.08. The Hall–Kier alpha value is -3.40. The van der Waals surface area contributed by atoms with E-state index in [2.05, 4.69) is 0 Å². The highest BCUT2D eigenvalue weighted by molar-refractivity contribution is 7.10. The number of Topliss-reactive ketones (excluding diaryl/α,β-unsaturated/α-hetero) is 1. The van der Waals surface area contributed by atoms with Crippen molar-refractivity contribution in [3.05, 3.63) is 67.3 Å². The van der Waals surface area contributed by atoms with Crippen LogP contribution in [0.25, 0.3) is 5.76 Å². The Bertz CT molecular complexity index is 1410. The molecule has 194 valence electrons. The molecule has 3 aromatic rings. The Morgan fingerprint density at radius 1 is 0.946 bits per heavy atom. The van der Waals surface area contributed by atoms with Gasteiger partial charge in [-0.05, 0) is 30.0 Å². The van der Waals surface area contributed by atoms with Gasteiger partial charge in [-0.15, -0.1) is 11.3 Å². The lowest BCUT2D eigenvalue weighted by Crippen LogP contribution is -2.29. The van der Waals surface area contributed by atoms with E-state index in [-0.39, 0.29) is 32.7 Å². The van der Waals surface area contributed by atoms with Gasteiger partial charge in [0.1, 0.15) is 28.3 Å². The van der Waals surface area contributed by atoms with Crippen LogP contribution in [0.15, 0.2) is 41.3 Å². The number of ether oxygens (including phenoxy) is 4. The van der Waals surface area contributed by atoms with Crippen LogP contribution in [0.3, 0.4) is 0 Å². The van der Waals surface area contributed by atoms with E-state index in [0.29, 0.717) is 22.1 Å². The van der Waals surface area contributed by atoms with E-state index in [1.807, 2.05) is 18.4 Å². The summed E-state index contributed by atoms with van der Waals surface area (Å²) in [5.74, 6) is -1.18. The van der Waals surface area contributed by atoms with Crippen LogP contribution < -0.4 is 23.8 Å². The third kappa shape index (κ3) is 4.47. The number of rotatable bonds is 7. The van der Waals surface area contributed by atoms with Gasteiger partial charge in [0.2, 0.25) is 0 Å². The number of amides is 1. The molecule has 4 rings (SSSR count). The van der Waals surface area contributed by atoms with Crippen LogP contribution in [0.2, 0.25) is 10.0 Å². The summed E-state index contributed by atoms with van der Waals surface area (Å²) in [5, 5.41) is 13.5. The molecular weight excluding hydrogens is 541 g/mol. The fourth-order valence-electron chi connectivity index (χ4n) is 4.23. The van der Waals surface area contributed by atoms with E-state index in [4.69, 9.17) is 42.1 Å². The summed E-state index contributed by atoms with van der Waals surface area (Å²) in [6.07, 6.45) is 0. The maximum absolute atomic E-state index is 13.5. The van der Waals surface area contributed by atoms with Gasteiger partial charge in [-0.3, -0.25) is 14.5 Å². The van der Waals surface area contributed by atoms with Gasteiger partial charge in [0, 0.05) is 23.1 Å². The lowest BCUT2D eigenvalue weighted by molar-refractivity contribution is -0.132. The van der Waals surface area contributed by atoms with E-state index in [9.17, 15) is 14.7 Å². The van der Waals surface area contributed by atoms with Gasteiger partial charge in [-0.25, -0.2) is 0 Å². The number of aliphatic hydroxyl groups is 1. The molecular formula is C26H23Cl2NO7S. The number of aliphatic hydroxyl groups excluding tert-OH is 1. The van der Waals surface area contributed by atoms with Crippen LogP contribution in [-0.2, 0) is 9.59 Å². The van der Waals surface area contributed by atoms with Crippen molar-refractivity contribution in [3.8, 4) is 23.0 Å². The first kappa shape index (κ1) is 26.7. The monoisotopic (exact) mass is 563 g/mol. The minimum absolute atomic E-state index is 0.00895. The zero-order valence-corrected chi connectivity index (χ0v) is 22.9. The molecule has 2 aromatic carbocycles. The summed E-state index contributed by atoms with van der Waals surface area (Å²) >= 11 is 14.1. The van der Waals surface area contributed by atoms with E-state index in [1.165, 1.54) is 50.7 Å². The molecule has 2 heterocycles. The number of benzene rings is 2. The van der Waals surface area contributed by atoms with Crippen molar-refractivity contribution in [1.29, 1.82) is 0 Å². The SMILES string of the molecule is COc1cc(OC)cc(N2C(=O)C(=O)/C(=C(/O)c3cc(Cl)c(OC)c(Cl)c3OC)C2c2sccc2C)c1. The van der Waals surface area contributed by atoms with E-state index < -0.39 is 23.5 Å². The molecule has 1 atom stereocenters. The molecule has 1 amide bonds. The molecule has 0 bridgehead atoms. The molecule has 1 aromatic heterocycles. The summed E-state index contributed by atoms with van der Waals surface area (Å²) in [6, 6.07) is 7.17. The van der Waals surface area contributed by atoms with Gasteiger partial charge in [0.05, 0.1) is 50.3 Å². The van der Waals surface area contributed by atoms with Crippen LogP contribution in [0.4, 0.5) is 5.69 Å². The molecule has 1 aliphatic heterocycles. The number of methoxy groups -OCH3 is 4. The molecule has 0 spiro atoms. The number of nitrogens with zero attached hydrogens (tertiary/aromatic N) is 1. The molecule has 1 aliphatic rings. The number of carbonyl (C=O) groups excluding carboxylic acids is 2. The second kappa shape index (κ2) is 10.5. The van der Waals surface area contributed by atoms with Crippen LogP contribution >= 0.6 is 34.5 Å². The minimum atomic E-state index is -0.957. The molecule has 11 heteroatoms. The number of aryl methyl sites for hydroxylation is 1. The zero-order chi connectivity index (χ0) is 27.0. The van der Waals surface area contributed by atoms with E-state index in [1.54, 1.807) is 18.2 Å². The standard InChI is InChI=1S/C26H23Cl2NO7S/c1-12-6-7-37-25(12)20-18(21(30)16-11-17(27)24(36-5)19(28)23(16)35-4)22(31)26(32)29(20)13-8-14(33-2)10-15(9-13)34-3/h6-11,20,30H,1-5H3/b21-18+. The average molecular weight is 564 g/mol. The second-order valence-electron chi connectivity index (χ2n) is 7.99. The molecule has 1 unspecified atom stereocenters. The second-order valence-corrected chi connectivity index (χ2v) is 9.73. The highest BCUT2D eigenvalue weighted by atomic mass is 35.5. The molecule has 8 nitrogen and oxygen atoms in total. The lowest BCUT2D eigenvalue weighted by Gasteiger charge is -2.26. The fourth-order valence-corrected chi connectivity index (χ4v) is 5.95. The van der Waals surface area contributed by atoms with Crippen molar-refractivity contribution in [2.24, 2.45) is 0 Å². The fraction of sp³-hybridized carbons (Fsp3) is 0.231. The zero-order valence-electron chi connectivity index (χ0n) is 20.5. The third-order valence-electron chi connectivity index (χ3n) is 6.00. The number of thiophene rings is 1. The lowest BCUT2D eigenvalue weighted by atomic mass is 9.97. The van der Waals surface area contributed by atoms with Crippen molar-refractivity contribution < 1.29 is 33.6 Å². The van der Waals surface area contributed by atoms with Gasteiger partial charge in [-0.2, -0.15) is 0 Å². The number of hydrogen-bond acceptors (Lipinski definition) is 8. The quantitative estimate of drug-likeness (QED) is 0.213. The first-order valence-electron chi connectivity index (χ1n) is 10.9. The van der Waals surface area contributed by atoms with Crippen LogP contribution in [0.1, 0.15) is 22.0 Å². The molecule has 1 fully saturated rings. The number of ketones is 1. The van der Waals surface area contributed by atoms with Crippen LogP contribution in [-0.4, -0.2) is 45.2 Å².